The Morgan fingerprint density at radius 3 is 2.19 bits per heavy atom. The Kier molecular flexibility index (Phi) is 4.65. The van der Waals surface area contributed by atoms with Gasteiger partial charge in [-0.2, -0.15) is 0 Å². The minimum atomic E-state index is -3.50. The highest BCUT2D eigenvalue weighted by Gasteiger charge is 2.17. The quantitative estimate of drug-likeness (QED) is 0.892. The van der Waals surface area contributed by atoms with E-state index in [1.165, 1.54) is 0 Å². The molecule has 0 saturated carbocycles. The Hall–Kier alpha value is -1.85. The second-order valence-corrected chi connectivity index (χ2v) is 6.92. The molecule has 2 aromatic rings. The van der Waals surface area contributed by atoms with Crippen LogP contribution in [0.2, 0.25) is 0 Å². The summed E-state index contributed by atoms with van der Waals surface area (Å²) in [6.07, 6.45) is 0.561. The zero-order chi connectivity index (χ0) is 15.5. The van der Waals surface area contributed by atoms with Gasteiger partial charge in [0.25, 0.3) is 0 Å². The average molecular weight is 305 g/mol. The Bertz CT molecular complexity index is 691. The van der Waals surface area contributed by atoms with E-state index in [4.69, 9.17) is 0 Å². The molecular formula is C16H19NO3S. The number of hydrogen-bond acceptors (Lipinski definition) is 3. The SMILES string of the molecule is Cc1ccc(S(=O)(=O)N[C@@H](C)Cc2ccc(O)cc2)cc1. The van der Waals surface area contributed by atoms with Crippen LogP contribution in [0.25, 0.3) is 0 Å². The summed E-state index contributed by atoms with van der Waals surface area (Å²) < 4.78 is 27.2. The number of phenolic OH excluding ortho intramolecular Hbond substituents is 1. The number of hydrogen-bond donors (Lipinski definition) is 2. The minimum absolute atomic E-state index is 0.201. The van der Waals surface area contributed by atoms with Crippen molar-refractivity contribution in [2.45, 2.75) is 31.2 Å². The lowest BCUT2D eigenvalue weighted by atomic mass is 10.1. The number of rotatable bonds is 5. The molecule has 0 bridgehead atoms. The molecule has 0 fully saturated rings. The van der Waals surface area contributed by atoms with Crippen LogP contribution in [-0.2, 0) is 16.4 Å². The molecule has 0 aliphatic rings. The van der Waals surface area contributed by atoms with Crippen molar-refractivity contribution in [1.82, 2.24) is 4.72 Å². The van der Waals surface area contributed by atoms with Gasteiger partial charge in [0.15, 0.2) is 0 Å². The highest BCUT2D eigenvalue weighted by molar-refractivity contribution is 7.89. The Balaban J connectivity index is 2.05. The maximum Gasteiger partial charge on any atom is 0.240 e. The predicted octanol–water partition coefficient (Wildman–Crippen LogP) is 2.61. The van der Waals surface area contributed by atoms with Crippen LogP contribution in [0.5, 0.6) is 5.75 Å². The van der Waals surface area contributed by atoms with Gasteiger partial charge in [-0.05, 0) is 50.1 Å². The highest BCUT2D eigenvalue weighted by Crippen LogP contribution is 2.14. The van der Waals surface area contributed by atoms with Crippen molar-refractivity contribution < 1.29 is 13.5 Å². The largest absolute Gasteiger partial charge is 0.508 e. The van der Waals surface area contributed by atoms with Gasteiger partial charge in [0.2, 0.25) is 10.0 Å². The summed E-state index contributed by atoms with van der Waals surface area (Å²) in [6.45, 7) is 3.73. The van der Waals surface area contributed by atoms with E-state index >= 15 is 0 Å². The van der Waals surface area contributed by atoms with Gasteiger partial charge in [0, 0.05) is 6.04 Å². The van der Waals surface area contributed by atoms with Crippen LogP contribution in [0.1, 0.15) is 18.1 Å². The van der Waals surface area contributed by atoms with E-state index in [9.17, 15) is 13.5 Å². The molecule has 0 spiro atoms. The Morgan fingerprint density at radius 1 is 1.05 bits per heavy atom. The van der Waals surface area contributed by atoms with Crippen molar-refractivity contribution in [2.24, 2.45) is 0 Å². The van der Waals surface area contributed by atoms with Crippen molar-refractivity contribution in [3.63, 3.8) is 0 Å². The van der Waals surface area contributed by atoms with E-state index < -0.39 is 10.0 Å². The van der Waals surface area contributed by atoms with E-state index in [0.717, 1.165) is 11.1 Å². The van der Waals surface area contributed by atoms with Crippen LogP contribution in [0, 0.1) is 6.92 Å². The van der Waals surface area contributed by atoms with E-state index in [2.05, 4.69) is 4.72 Å². The number of sulfonamides is 1. The lowest BCUT2D eigenvalue weighted by molar-refractivity contribution is 0.475. The summed E-state index contributed by atoms with van der Waals surface area (Å²) in [4.78, 5) is 0.269. The van der Waals surface area contributed by atoms with Gasteiger partial charge in [-0.1, -0.05) is 29.8 Å². The van der Waals surface area contributed by atoms with Crippen LogP contribution in [0.15, 0.2) is 53.4 Å². The number of aromatic hydroxyl groups is 1. The number of nitrogens with one attached hydrogen (secondary N) is 1. The van der Waals surface area contributed by atoms with Gasteiger partial charge in [-0.15, -0.1) is 0 Å². The Morgan fingerprint density at radius 2 is 1.62 bits per heavy atom. The zero-order valence-electron chi connectivity index (χ0n) is 12.1. The van der Waals surface area contributed by atoms with E-state index in [-0.39, 0.29) is 16.7 Å². The van der Waals surface area contributed by atoms with Gasteiger partial charge >= 0.3 is 0 Å². The molecule has 0 amide bonds. The lowest BCUT2D eigenvalue weighted by Crippen LogP contribution is -2.34. The first-order valence-corrected chi connectivity index (χ1v) is 8.22. The minimum Gasteiger partial charge on any atom is -0.508 e. The third-order valence-corrected chi connectivity index (χ3v) is 4.77. The molecule has 0 aliphatic heterocycles. The number of phenols is 1. The smallest absolute Gasteiger partial charge is 0.240 e. The topological polar surface area (TPSA) is 66.4 Å². The standard InChI is InChI=1S/C16H19NO3S/c1-12-3-9-16(10-4-12)21(19,20)17-13(2)11-14-5-7-15(18)8-6-14/h3-10,13,17-18H,11H2,1-2H3/t13-/m0/s1. The fourth-order valence-corrected chi connectivity index (χ4v) is 3.32. The first kappa shape index (κ1) is 15.5. The fraction of sp³-hybridized carbons (Fsp3) is 0.250. The predicted molar refractivity (Wildman–Crippen MR) is 82.8 cm³/mol. The summed E-state index contributed by atoms with van der Waals surface area (Å²) >= 11 is 0. The molecule has 1 atom stereocenters. The van der Waals surface area contributed by atoms with Gasteiger partial charge in [0.05, 0.1) is 4.90 Å². The third kappa shape index (κ3) is 4.31. The number of benzene rings is 2. The van der Waals surface area contributed by atoms with Gasteiger partial charge in [0.1, 0.15) is 5.75 Å². The van der Waals surface area contributed by atoms with Crippen molar-refractivity contribution >= 4 is 10.0 Å². The maximum absolute atomic E-state index is 12.2. The molecule has 21 heavy (non-hydrogen) atoms. The molecule has 0 saturated heterocycles. The summed E-state index contributed by atoms with van der Waals surface area (Å²) in [5, 5.41) is 9.24. The van der Waals surface area contributed by atoms with E-state index in [0.29, 0.717) is 6.42 Å². The molecule has 0 aromatic heterocycles. The summed E-state index contributed by atoms with van der Waals surface area (Å²) in [5.74, 6) is 0.201. The number of aryl methyl sites for hydroxylation is 1. The first-order valence-electron chi connectivity index (χ1n) is 6.74. The monoisotopic (exact) mass is 305 g/mol. The molecule has 2 N–H and O–H groups in total. The molecule has 2 aromatic carbocycles. The lowest BCUT2D eigenvalue weighted by Gasteiger charge is -2.14. The summed E-state index contributed by atoms with van der Waals surface area (Å²) in [5.41, 5.74) is 1.98. The van der Waals surface area contributed by atoms with Crippen molar-refractivity contribution in [2.75, 3.05) is 0 Å². The van der Waals surface area contributed by atoms with Crippen molar-refractivity contribution in [1.29, 1.82) is 0 Å². The average Bonchev–Trinajstić information content (AvgIpc) is 2.41. The highest BCUT2D eigenvalue weighted by atomic mass is 32.2. The molecule has 2 rings (SSSR count). The van der Waals surface area contributed by atoms with Crippen molar-refractivity contribution in [3.05, 3.63) is 59.7 Å². The molecule has 0 heterocycles. The second kappa shape index (κ2) is 6.28. The molecule has 0 unspecified atom stereocenters. The molecule has 0 aliphatic carbocycles. The molecule has 5 heteroatoms. The van der Waals surface area contributed by atoms with Gasteiger partial charge in [-0.25, -0.2) is 13.1 Å². The van der Waals surface area contributed by atoms with E-state index in [1.54, 1.807) is 48.5 Å². The summed E-state index contributed by atoms with van der Waals surface area (Å²) in [7, 11) is -3.50. The van der Waals surface area contributed by atoms with Crippen molar-refractivity contribution in [3.8, 4) is 5.75 Å². The molecular weight excluding hydrogens is 286 g/mol. The van der Waals surface area contributed by atoms with E-state index in [1.807, 2.05) is 13.8 Å². The van der Waals surface area contributed by atoms with Gasteiger partial charge < -0.3 is 5.11 Å². The van der Waals surface area contributed by atoms with Gasteiger partial charge in [-0.3, -0.25) is 0 Å². The van der Waals surface area contributed by atoms with Crippen LogP contribution >= 0.6 is 0 Å². The normalized spacial score (nSPS) is 13.0. The van der Waals surface area contributed by atoms with Crippen LogP contribution in [0.4, 0.5) is 0 Å². The summed E-state index contributed by atoms with van der Waals surface area (Å²) in [6, 6.07) is 13.3. The van der Waals surface area contributed by atoms with Crippen LogP contribution < -0.4 is 4.72 Å². The van der Waals surface area contributed by atoms with Crippen LogP contribution in [-0.4, -0.2) is 19.6 Å². The molecule has 4 nitrogen and oxygen atoms in total. The third-order valence-electron chi connectivity index (χ3n) is 3.17. The molecule has 0 radical (unpaired) electrons. The second-order valence-electron chi connectivity index (χ2n) is 5.21. The fourth-order valence-electron chi connectivity index (χ4n) is 2.08. The first-order chi connectivity index (χ1) is 9.87. The van der Waals surface area contributed by atoms with Crippen LogP contribution in [0.3, 0.4) is 0 Å². The Labute approximate surface area is 125 Å². The molecule has 112 valence electrons. The zero-order valence-corrected chi connectivity index (χ0v) is 12.9. The maximum atomic E-state index is 12.2.